The molecule has 1 aromatic heterocycles. The minimum Gasteiger partial charge on any atom is -0.465 e. The molecule has 2 aliphatic rings. The summed E-state index contributed by atoms with van der Waals surface area (Å²) in [6, 6.07) is 9.67. The van der Waals surface area contributed by atoms with Gasteiger partial charge in [0.05, 0.1) is 29.0 Å². The predicted molar refractivity (Wildman–Crippen MR) is 136 cm³/mol. The number of nitrogens with zero attached hydrogens (tertiary/aromatic N) is 2. The van der Waals surface area contributed by atoms with Crippen molar-refractivity contribution in [1.29, 1.82) is 0 Å². The van der Waals surface area contributed by atoms with Gasteiger partial charge in [0.25, 0.3) is 5.91 Å². The number of carbonyl (C=O) groups excluding carboxylic acids is 2. The van der Waals surface area contributed by atoms with Crippen LogP contribution in [0.25, 0.3) is 11.8 Å². The molecule has 0 atom stereocenters. The Morgan fingerprint density at radius 1 is 1.18 bits per heavy atom. The van der Waals surface area contributed by atoms with Gasteiger partial charge in [-0.2, -0.15) is 0 Å². The van der Waals surface area contributed by atoms with Crippen LogP contribution < -0.4 is 0 Å². The van der Waals surface area contributed by atoms with Gasteiger partial charge in [0.1, 0.15) is 0 Å². The van der Waals surface area contributed by atoms with Crippen LogP contribution in [0.1, 0.15) is 56.0 Å². The lowest BCUT2D eigenvalue weighted by atomic mass is 9.97. The zero-order chi connectivity index (χ0) is 24.4. The molecule has 2 heterocycles. The van der Waals surface area contributed by atoms with Crippen LogP contribution in [0.3, 0.4) is 0 Å². The molecule has 1 aliphatic carbocycles. The number of carbonyl (C=O) groups is 2. The Bertz CT molecular complexity index is 1230. The Balaban J connectivity index is 1.71. The normalized spacial score (nSPS) is 17.6. The Labute approximate surface area is 206 Å². The highest BCUT2D eigenvalue weighted by Crippen LogP contribution is 2.34. The van der Waals surface area contributed by atoms with Crippen molar-refractivity contribution in [2.45, 2.75) is 52.9 Å². The number of rotatable bonds is 6. The van der Waals surface area contributed by atoms with E-state index in [9.17, 15) is 9.59 Å². The Morgan fingerprint density at radius 3 is 2.62 bits per heavy atom. The number of ether oxygens (including phenoxy) is 1. The smallest absolute Gasteiger partial charge is 0.340 e. The number of para-hydroxylation sites is 1. The van der Waals surface area contributed by atoms with E-state index >= 15 is 0 Å². The topological polar surface area (TPSA) is 51.5 Å². The Kier molecular flexibility index (Phi) is 7.13. The molecule has 2 aromatic rings. The van der Waals surface area contributed by atoms with Crippen molar-refractivity contribution in [3.63, 3.8) is 0 Å². The van der Waals surface area contributed by atoms with E-state index in [2.05, 4.69) is 10.6 Å². The van der Waals surface area contributed by atoms with E-state index in [1.54, 1.807) is 4.90 Å². The molecular formula is C28H31ClN2O3. The fourth-order valence-corrected chi connectivity index (χ4v) is 5.20. The molecule has 0 radical (unpaired) electrons. The van der Waals surface area contributed by atoms with Gasteiger partial charge >= 0.3 is 5.97 Å². The molecule has 178 valence electrons. The van der Waals surface area contributed by atoms with E-state index in [-0.39, 0.29) is 5.91 Å². The molecule has 0 fully saturated rings. The molecule has 0 bridgehead atoms. The number of allylic oxidation sites excluding steroid dienone is 2. The summed E-state index contributed by atoms with van der Waals surface area (Å²) in [7, 11) is 1.35. The van der Waals surface area contributed by atoms with Gasteiger partial charge in [0.2, 0.25) is 0 Å². The molecule has 1 aromatic carbocycles. The van der Waals surface area contributed by atoms with Crippen molar-refractivity contribution in [2.24, 2.45) is 0 Å². The van der Waals surface area contributed by atoms with Gasteiger partial charge in [0.15, 0.2) is 0 Å². The molecule has 4 rings (SSSR count). The lowest BCUT2D eigenvalue weighted by Crippen LogP contribution is -2.26. The summed E-state index contributed by atoms with van der Waals surface area (Å²) in [5.41, 5.74) is 6.44. The highest BCUT2D eigenvalue weighted by Gasteiger charge is 2.37. The number of hydrogen-bond acceptors (Lipinski definition) is 3. The molecule has 0 spiro atoms. The summed E-state index contributed by atoms with van der Waals surface area (Å²) < 4.78 is 7.12. The van der Waals surface area contributed by atoms with Gasteiger partial charge in [-0.05, 0) is 82.7 Å². The molecule has 1 amide bonds. The predicted octanol–water partition coefficient (Wildman–Crippen LogP) is 6.31. The molecule has 0 unspecified atom stereocenters. The highest BCUT2D eigenvalue weighted by atomic mass is 35.5. The summed E-state index contributed by atoms with van der Waals surface area (Å²) in [4.78, 5) is 27.9. The van der Waals surface area contributed by atoms with Gasteiger partial charge < -0.3 is 14.2 Å². The maximum absolute atomic E-state index is 13.5. The summed E-state index contributed by atoms with van der Waals surface area (Å²) >= 11 is 6.46. The SMILES string of the molecule is COC(=O)C1=C(C)N(CCC2=CCCCC2)C(=O)C1=Cc1cc(C)n(-c2ccccc2Cl)c1C. The minimum absolute atomic E-state index is 0.156. The molecule has 0 N–H and O–H groups in total. The number of aryl methyl sites for hydroxylation is 1. The maximum Gasteiger partial charge on any atom is 0.340 e. The van der Waals surface area contributed by atoms with Gasteiger partial charge in [-0.15, -0.1) is 0 Å². The van der Waals surface area contributed by atoms with Crippen LogP contribution in [0.15, 0.2) is 58.8 Å². The summed E-state index contributed by atoms with van der Waals surface area (Å²) in [6.07, 6.45) is 9.57. The third kappa shape index (κ3) is 4.49. The molecule has 34 heavy (non-hydrogen) atoms. The lowest BCUT2D eigenvalue weighted by Gasteiger charge is -2.20. The number of aromatic nitrogens is 1. The fraction of sp³-hybridized carbons (Fsp3) is 0.357. The third-order valence-electron chi connectivity index (χ3n) is 6.81. The first-order valence-electron chi connectivity index (χ1n) is 11.8. The molecule has 6 heteroatoms. The van der Waals surface area contributed by atoms with Crippen LogP contribution in [0.2, 0.25) is 5.02 Å². The van der Waals surface area contributed by atoms with Crippen LogP contribution in [0.4, 0.5) is 0 Å². The number of methoxy groups -OCH3 is 1. The summed E-state index contributed by atoms with van der Waals surface area (Å²) in [5.74, 6) is -0.645. The molecule has 0 saturated carbocycles. The lowest BCUT2D eigenvalue weighted by molar-refractivity contribution is -0.136. The number of benzene rings is 1. The van der Waals surface area contributed by atoms with Gasteiger partial charge in [-0.25, -0.2) is 4.79 Å². The van der Waals surface area contributed by atoms with Crippen LogP contribution in [-0.4, -0.2) is 35.0 Å². The fourth-order valence-electron chi connectivity index (χ4n) is 4.98. The van der Waals surface area contributed by atoms with Gasteiger partial charge in [-0.1, -0.05) is 35.4 Å². The van der Waals surface area contributed by atoms with Crippen LogP contribution in [0, 0.1) is 13.8 Å². The number of amides is 1. The maximum atomic E-state index is 13.5. The van der Waals surface area contributed by atoms with Gasteiger partial charge in [0, 0.05) is 23.6 Å². The van der Waals surface area contributed by atoms with Crippen molar-refractivity contribution in [3.8, 4) is 5.69 Å². The van der Waals surface area contributed by atoms with Crippen molar-refractivity contribution in [1.82, 2.24) is 9.47 Å². The second-order valence-corrected chi connectivity index (χ2v) is 9.35. The summed E-state index contributed by atoms with van der Waals surface area (Å²) in [6.45, 7) is 6.38. The zero-order valence-corrected chi connectivity index (χ0v) is 21.0. The minimum atomic E-state index is -0.489. The largest absolute Gasteiger partial charge is 0.465 e. The van der Waals surface area contributed by atoms with E-state index < -0.39 is 5.97 Å². The highest BCUT2D eigenvalue weighted by molar-refractivity contribution is 6.32. The quantitative estimate of drug-likeness (QED) is 0.277. The Morgan fingerprint density at radius 2 is 1.94 bits per heavy atom. The molecular weight excluding hydrogens is 448 g/mol. The summed E-state index contributed by atoms with van der Waals surface area (Å²) in [5, 5.41) is 0.648. The standard InChI is InChI=1S/C28H31ClN2O3/c1-18-16-22(19(2)31(18)25-13-9-8-12-24(25)29)17-23-26(28(33)34-4)20(3)30(27(23)32)15-14-21-10-6-5-7-11-21/h8-10,12-13,16-17H,5-7,11,14-15H2,1-4H3. The Hall–Kier alpha value is -3.05. The zero-order valence-electron chi connectivity index (χ0n) is 20.3. The first kappa shape index (κ1) is 24.1. The average Bonchev–Trinajstić information content (AvgIpc) is 3.24. The van der Waals surface area contributed by atoms with Crippen molar-refractivity contribution in [2.75, 3.05) is 13.7 Å². The van der Waals surface area contributed by atoms with Crippen molar-refractivity contribution >= 4 is 29.6 Å². The molecule has 5 nitrogen and oxygen atoms in total. The average molecular weight is 479 g/mol. The van der Waals surface area contributed by atoms with Crippen LogP contribution >= 0.6 is 11.6 Å². The number of esters is 1. The first-order valence-corrected chi connectivity index (χ1v) is 12.2. The van der Waals surface area contributed by atoms with E-state index in [0.29, 0.717) is 28.4 Å². The van der Waals surface area contributed by atoms with Crippen LogP contribution in [-0.2, 0) is 14.3 Å². The van der Waals surface area contributed by atoms with Crippen LogP contribution in [0.5, 0.6) is 0 Å². The number of hydrogen-bond donors (Lipinski definition) is 0. The third-order valence-corrected chi connectivity index (χ3v) is 7.13. The number of halogens is 1. The monoisotopic (exact) mass is 478 g/mol. The molecule has 1 aliphatic heterocycles. The van der Waals surface area contributed by atoms with E-state index in [4.69, 9.17) is 16.3 Å². The van der Waals surface area contributed by atoms with Crippen molar-refractivity contribution in [3.05, 3.63) is 80.8 Å². The van der Waals surface area contributed by atoms with Crippen molar-refractivity contribution < 1.29 is 14.3 Å². The molecule has 0 saturated heterocycles. The second-order valence-electron chi connectivity index (χ2n) is 8.94. The second kappa shape index (κ2) is 10.1. The van der Waals surface area contributed by atoms with E-state index in [1.807, 2.05) is 57.2 Å². The van der Waals surface area contributed by atoms with Gasteiger partial charge in [-0.3, -0.25) is 4.79 Å². The van der Waals surface area contributed by atoms with E-state index in [0.717, 1.165) is 41.9 Å². The first-order chi connectivity index (χ1) is 16.3. The van der Waals surface area contributed by atoms with E-state index in [1.165, 1.54) is 25.5 Å².